The minimum absolute atomic E-state index is 0.0502. The summed E-state index contributed by atoms with van der Waals surface area (Å²) in [6.45, 7) is 0. The molecule has 4 nitrogen and oxygen atoms in total. The summed E-state index contributed by atoms with van der Waals surface area (Å²) in [4.78, 5) is 0. The normalized spacial score (nSPS) is 17.2. The smallest absolute Gasteiger partial charge is 0.0644 e. The number of nitrogens with one attached hydrogen (secondary N) is 1. The Morgan fingerprint density at radius 1 is 1.24 bits per heavy atom. The van der Waals surface area contributed by atoms with Crippen molar-refractivity contribution in [3.8, 4) is 0 Å². The third-order valence-electron chi connectivity index (χ3n) is 4.25. The largest absolute Gasteiger partial charge is 0.271 e. The second-order valence-electron chi connectivity index (χ2n) is 5.70. The number of halogens is 1. The lowest BCUT2D eigenvalue weighted by atomic mass is 10.0. The Balaban J connectivity index is 1.70. The molecule has 1 fully saturated rings. The van der Waals surface area contributed by atoms with Crippen molar-refractivity contribution in [3.63, 3.8) is 0 Å². The molecule has 3 rings (SSSR count). The van der Waals surface area contributed by atoms with Crippen molar-refractivity contribution in [2.75, 3.05) is 0 Å². The van der Waals surface area contributed by atoms with Gasteiger partial charge in [0.15, 0.2) is 0 Å². The van der Waals surface area contributed by atoms with Crippen molar-refractivity contribution in [1.82, 2.24) is 15.2 Å². The molecule has 1 aromatic heterocycles. The van der Waals surface area contributed by atoms with Crippen LogP contribution < -0.4 is 11.3 Å². The van der Waals surface area contributed by atoms with E-state index in [0.717, 1.165) is 22.7 Å². The molecule has 0 spiro atoms. The minimum atomic E-state index is 0.0502. The van der Waals surface area contributed by atoms with Crippen LogP contribution in [0, 0.1) is 0 Å². The number of hydrazine groups is 1. The Hall–Kier alpha value is -1.36. The van der Waals surface area contributed by atoms with Crippen LogP contribution in [0.1, 0.15) is 49.0 Å². The maximum absolute atomic E-state index is 5.93. The van der Waals surface area contributed by atoms with Gasteiger partial charge in [0, 0.05) is 17.6 Å². The first kappa shape index (κ1) is 14.6. The molecule has 2 aromatic rings. The van der Waals surface area contributed by atoms with E-state index in [1.165, 1.54) is 25.7 Å². The van der Waals surface area contributed by atoms with Crippen LogP contribution in [0.2, 0.25) is 5.02 Å². The van der Waals surface area contributed by atoms with Gasteiger partial charge < -0.3 is 0 Å². The van der Waals surface area contributed by atoms with E-state index in [1.54, 1.807) is 0 Å². The molecule has 21 heavy (non-hydrogen) atoms. The lowest BCUT2D eigenvalue weighted by Gasteiger charge is -2.15. The summed E-state index contributed by atoms with van der Waals surface area (Å²) < 4.78 is 2.12. The number of hydrogen-bond donors (Lipinski definition) is 2. The highest BCUT2D eigenvalue weighted by molar-refractivity contribution is 6.30. The minimum Gasteiger partial charge on any atom is -0.271 e. The van der Waals surface area contributed by atoms with Gasteiger partial charge in [-0.2, -0.15) is 5.10 Å². The van der Waals surface area contributed by atoms with E-state index in [-0.39, 0.29) is 6.04 Å². The molecule has 5 heteroatoms. The van der Waals surface area contributed by atoms with Crippen molar-refractivity contribution in [1.29, 1.82) is 0 Å². The fourth-order valence-electron chi connectivity index (χ4n) is 3.04. The number of rotatable bonds is 5. The Morgan fingerprint density at radius 2 is 1.95 bits per heavy atom. The number of benzene rings is 1. The molecular formula is C16H21ClN4. The Labute approximate surface area is 130 Å². The molecule has 1 unspecified atom stereocenters. The summed E-state index contributed by atoms with van der Waals surface area (Å²) in [6.07, 6.45) is 8.00. The van der Waals surface area contributed by atoms with Crippen molar-refractivity contribution >= 4 is 11.6 Å². The topological polar surface area (TPSA) is 55.9 Å². The van der Waals surface area contributed by atoms with Crippen molar-refractivity contribution in [2.45, 2.75) is 44.2 Å². The summed E-state index contributed by atoms with van der Waals surface area (Å²) in [5.74, 6) is 5.70. The lowest BCUT2D eigenvalue weighted by molar-refractivity contribution is 0.457. The second-order valence-corrected chi connectivity index (χ2v) is 6.14. The van der Waals surface area contributed by atoms with Gasteiger partial charge in [0.25, 0.3) is 0 Å². The molecular weight excluding hydrogens is 284 g/mol. The first-order chi connectivity index (χ1) is 10.3. The Morgan fingerprint density at radius 3 is 2.62 bits per heavy atom. The molecule has 0 bridgehead atoms. The van der Waals surface area contributed by atoms with Crippen LogP contribution in [-0.2, 0) is 6.42 Å². The Bertz CT molecular complexity index is 572. The molecule has 0 amide bonds. The summed E-state index contributed by atoms with van der Waals surface area (Å²) in [5, 5.41) is 5.45. The average molecular weight is 305 g/mol. The van der Waals surface area contributed by atoms with E-state index in [4.69, 9.17) is 22.5 Å². The van der Waals surface area contributed by atoms with E-state index in [1.807, 2.05) is 24.3 Å². The molecule has 1 atom stereocenters. The maximum atomic E-state index is 5.93. The highest BCUT2D eigenvalue weighted by Crippen LogP contribution is 2.29. The fraction of sp³-hybridized carbons (Fsp3) is 0.438. The third kappa shape index (κ3) is 3.46. The highest BCUT2D eigenvalue weighted by atomic mass is 35.5. The first-order valence-electron chi connectivity index (χ1n) is 7.52. The van der Waals surface area contributed by atoms with Crippen LogP contribution in [0.5, 0.6) is 0 Å². The highest BCUT2D eigenvalue weighted by Gasteiger charge is 2.18. The zero-order chi connectivity index (χ0) is 14.7. The van der Waals surface area contributed by atoms with Gasteiger partial charge in [-0.1, -0.05) is 36.6 Å². The van der Waals surface area contributed by atoms with Gasteiger partial charge in [0.05, 0.1) is 17.8 Å². The van der Waals surface area contributed by atoms with Crippen LogP contribution in [0.3, 0.4) is 0 Å². The summed E-state index contributed by atoms with van der Waals surface area (Å²) in [6, 6.07) is 10.5. The van der Waals surface area contributed by atoms with Gasteiger partial charge in [0.1, 0.15) is 0 Å². The van der Waals surface area contributed by atoms with Gasteiger partial charge >= 0.3 is 0 Å². The van der Waals surface area contributed by atoms with E-state index in [0.29, 0.717) is 6.04 Å². The maximum Gasteiger partial charge on any atom is 0.0644 e. The van der Waals surface area contributed by atoms with Crippen LogP contribution in [-0.4, -0.2) is 9.78 Å². The van der Waals surface area contributed by atoms with Gasteiger partial charge in [-0.3, -0.25) is 16.0 Å². The number of aromatic nitrogens is 2. The molecule has 1 aromatic carbocycles. The third-order valence-corrected chi connectivity index (χ3v) is 4.50. The SMILES string of the molecule is NNC(Cc1ccn(C2CCCC2)n1)c1ccc(Cl)cc1. The monoisotopic (exact) mass is 304 g/mol. The van der Waals surface area contributed by atoms with Gasteiger partial charge in [0.2, 0.25) is 0 Å². The second kappa shape index (κ2) is 6.60. The predicted octanol–water partition coefficient (Wildman–Crippen LogP) is 3.40. The lowest BCUT2D eigenvalue weighted by Crippen LogP contribution is -2.29. The molecule has 0 saturated heterocycles. The molecule has 1 aliphatic carbocycles. The zero-order valence-electron chi connectivity index (χ0n) is 12.0. The summed E-state index contributed by atoms with van der Waals surface area (Å²) in [5.41, 5.74) is 5.06. The number of nitrogens with zero attached hydrogens (tertiary/aromatic N) is 2. The van der Waals surface area contributed by atoms with E-state index >= 15 is 0 Å². The molecule has 1 saturated carbocycles. The molecule has 1 heterocycles. The van der Waals surface area contributed by atoms with Crippen molar-refractivity contribution in [3.05, 3.63) is 52.8 Å². The van der Waals surface area contributed by atoms with E-state index in [9.17, 15) is 0 Å². The van der Waals surface area contributed by atoms with Gasteiger partial charge in [-0.05, 0) is 36.6 Å². The fourth-order valence-corrected chi connectivity index (χ4v) is 3.16. The van der Waals surface area contributed by atoms with Crippen molar-refractivity contribution < 1.29 is 0 Å². The standard InChI is InChI=1S/C16H21ClN4/c17-13-7-5-12(6-8-13)16(19-18)11-14-9-10-21(20-14)15-3-1-2-4-15/h5-10,15-16,19H,1-4,11,18H2. The first-order valence-corrected chi connectivity index (χ1v) is 7.89. The zero-order valence-corrected chi connectivity index (χ0v) is 12.8. The van der Waals surface area contributed by atoms with E-state index in [2.05, 4.69) is 22.4 Å². The van der Waals surface area contributed by atoms with Crippen LogP contribution in [0.4, 0.5) is 0 Å². The summed E-state index contributed by atoms with van der Waals surface area (Å²) >= 11 is 5.93. The number of hydrogen-bond acceptors (Lipinski definition) is 3. The molecule has 112 valence electrons. The quantitative estimate of drug-likeness (QED) is 0.657. The molecule has 3 N–H and O–H groups in total. The molecule has 0 radical (unpaired) electrons. The number of nitrogens with two attached hydrogens (primary N) is 1. The molecule has 0 aliphatic heterocycles. The Kier molecular flexibility index (Phi) is 4.58. The van der Waals surface area contributed by atoms with Crippen LogP contribution in [0.15, 0.2) is 36.5 Å². The van der Waals surface area contributed by atoms with Gasteiger partial charge in [-0.25, -0.2) is 0 Å². The average Bonchev–Trinajstić information content (AvgIpc) is 3.17. The summed E-state index contributed by atoms with van der Waals surface area (Å²) in [7, 11) is 0. The van der Waals surface area contributed by atoms with E-state index < -0.39 is 0 Å². The van der Waals surface area contributed by atoms with Crippen LogP contribution in [0.25, 0.3) is 0 Å². The predicted molar refractivity (Wildman–Crippen MR) is 85.0 cm³/mol. The van der Waals surface area contributed by atoms with Crippen molar-refractivity contribution in [2.24, 2.45) is 5.84 Å². The van der Waals surface area contributed by atoms with Crippen LogP contribution >= 0.6 is 11.6 Å². The van der Waals surface area contributed by atoms with Gasteiger partial charge in [-0.15, -0.1) is 0 Å². The molecule has 1 aliphatic rings.